The van der Waals surface area contributed by atoms with Crippen LogP contribution in [0.15, 0.2) is 72.1 Å². The summed E-state index contributed by atoms with van der Waals surface area (Å²) in [7, 11) is 0. The van der Waals surface area contributed by atoms with Crippen molar-refractivity contribution in [1.82, 2.24) is 15.0 Å². The number of pyridine rings is 1. The maximum Gasteiger partial charge on any atom is 0.137 e. The molecule has 3 heterocycles. The second kappa shape index (κ2) is 7.09. The van der Waals surface area contributed by atoms with Gasteiger partial charge >= 0.3 is 0 Å². The lowest BCUT2D eigenvalue weighted by Gasteiger charge is -2.16. The fraction of sp³-hybridized carbons (Fsp3) is 0.167. The largest absolute Gasteiger partial charge is 0.363 e. The molecule has 2 aromatic carbocycles. The highest BCUT2D eigenvalue weighted by Gasteiger charge is 2.15. The van der Waals surface area contributed by atoms with Gasteiger partial charge in [-0.1, -0.05) is 36.4 Å². The van der Waals surface area contributed by atoms with Crippen molar-refractivity contribution in [2.24, 2.45) is 4.99 Å². The fourth-order valence-electron chi connectivity index (χ4n) is 3.75. The molecule has 5 rings (SSSR count). The third kappa shape index (κ3) is 3.25. The zero-order valence-electron chi connectivity index (χ0n) is 16.4. The molecule has 1 atom stereocenters. The summed E-state index contributed by atoms with van der Waals surface area (Å²) >= 11 is 0. The van der Waals surface area contributed by atoms with Crippen LogP contribution in [0.5, 0.6) is 0 Å². The maximum atomic E-state index is 4.62. The average molecular weight is 379 g/mol. The predicted octanol–water partition coefficient (Wildman–Crippen LogP) is 5.19. The molecule has 0 saturated heterocycles. The van der Waals surface area contributed by atoms with E-state index < -0.39 is 0 Å². The molecule has 1 aliphatic heterocycles. The lowest BCUT2D eigenvalue weighted by atomic mass is 10.0. The van der Waals surface area contributed by atoms with Gasteiger partial charge in [-0.3, -0.25) is 9.98 Å². The third-order valence-electron chi connectivity index (χ3n) is 5.45. The van der Waals surface area contributed by atoms with Crippen molar-refractivity contribution < 1.29 is 0 Å². The molecule has 4 aromatic rings. The number of fused-ring (bicyclic) bond motifs is 2. The van der Waals surface area contributed by atoms with Crippen LogP contribution in [-0.4, -0.2) is 20.7 Å². The van der Waals surface area contributed by atoms with Crippen LogP contribution in [0.3, 0.4) is 0 Å². The Hall–Kier alpha value is -3.60. The fourth-order valence-corrected chi connectivity index (χ4v) is 3.75. The third-order valence-corrected chi connectivity index (χ3v) is 5.45. The van der Waals surface area contributed by atoms with Crippen LogP contribution in [0.4, 0.5) is 5.82 Å². The molecule has 0 saturated carbocycles. The number of hydrogen-bond donors (Lipinski definition) is 1. The monoisotopic (exact) mass is 379 g/mol. The molecule has 29 heavy (non-hydrogen) atoms. The summed E-state index contributed by atoms with van der Waals surface area (Å²) in [5.74, 6) is 0.833. The van der Waals surface area contributed by atoms with Crippen LogP contribution < -0.4 is 5.32 Å². The minimum absolute atomic E-state index is 0.137. The van der Waals surface area contributed by atoms with E-state index in [1.807, 2.05) is 25.3 Å². The highest BCUT2D eigenvalue weighted by Crippen LogP contribution is 2.30. The standard InChI is InChI=1S/C24H21N5/c1-15(17-6-4-3-5-7-17)29-24-21-10-18(8-9-22(21)27-14-28-24)19-11-20-16(2)25-13-23(20)26-12-19/h3-12,14-15H,13H2,1-2H3,(H,27,28,29). The van der Waals surface area contributed by atoms with Crippen molar-refractivity contribution in [2.45, 2.75) is 26.4 Å². The van der Waals surface area contributed by atoms with Gasteiger partial charge in [0, 0.05) is 34.5 Å². The molecule has 5 heteroatoms. The Morgan fingerprint density at radius 1 is 0.931 bits per heavy atom. The molecular weight excluding hydrogens is 358 g/mol. The first-order chi connectivity index (χ1) is 14.2. The van der Waals surface area contributed by atoms with Gasteiger partial charge in [0.05, 0.1) is 17.8 Å². The Bertz CT molecular complexity index is 1230. The van der Waals surface area contributed by atoms with Crippen LogP contribution in [0.1, 0.15) is 36.7 Å². The predicted molar refractivity (Wildman–Crippen MR) is 117 cm³/mol. The number of nitrogens with one attached hydrogen (secondary N) is 1. The molecule has 142 valence electrons. The minimum atomic E-state index is 0.137. The zero-order valence-corrected chi connectivity index (χ0v) is 16.4. The van der Waals surface area contributed by atoms with E-state index in [1.165, 1.54) is 5.56 Å². The molecule has 5 nitrogen and oxygen atoms in total. The van der Waals surface area contributed by atoms with Gasteiger partial charge in [-0.2, -0.15) is 0 Å². The number of benzene rings is 2. The second-order valence-corrected chi connectivity index (χ2v) is 7.35. The van der Waals surface area contributed by atoms with Gasteiger partial charge < -0.3 is 5.32 Å². The Kier molecular flexibility index (Phi) is 4.28. The minimum Gasteiger partial charge on any atom is -0.363 e. The van der Waals surface area contributed by atoms with E-state index in [9.17, 15) is 0 Å². The molecule has 0 radical (unpaired) electrons. The first kappa shape index (κ1) is 17.5. The molecule has 0 bridgehead atoms. The first-order valence-corrected chi connectivity index (χ1v) is 9.76. The van der Waals surface area contributed by atoms with Crippen molar-refractivity contribution in [3.63, 3.8) is 0 Å². The van der Waals surface area contributed by atoms with Crippen LogP contribution in [-0.2, 0) is 6.54 Å². The van der Waals surface area contributed by atoms with Crippen molar-refractivity contribution in [3.05, 3.63) is 83.9 Å². The van der Waals surface area contributed by atoms with Crippen LogP contribution in [0.2, 0.25) is 0 Å². The number of aromatic nitrogens is 3. The van der Waals surface area contributed by atoms with E-state index >= 15 is 0 Å². The molecule has 0 spiro atoms. The highest BCUT2D eigenvalue weighted by atomic mass is 15.0. The average Bonchev–Trinajstić information content (AvgIpc) is 3.14. The number of anilines is 1. The summed E-state index contributed by atoms with van der Waals surface area (Å²) in [6.45, 7) is 4.86. The van der Waals surface area contributed by atoms with E-state index in [0.717, 1.165) is 44.8 Å². The van der Waals surface area contributed by atoms with Crippen LogP contribution in [0.25, 0.3) is 22.0 Å². The summed E-state index contributed by atoms with van der Waals surface area (Å²) in [5, 5.41) is 4.54. The molecule has 0 aliphatic carbocycles. The van der Waals surface area contributed by atoms with E-state index in [-0.39, 0.29) is 6.04 Å². The molecule has 0 amide bonds. The van der Waals surface area contributed by atoms with Gasteiger partial charge in [0.1, 0.15) is 12.1 Å². The molecular formula is C24H21N5. The summed E-state index contributed by atoms with van der Waals surface area (Å²) in [6.07, 6.45) is 3.54. The molecule has 2 aromatic heterocycles. The van der Waals surface area contributed by atoms with Crippen molar-refractivity contribution in [2.75, 3.05) is 5.32 Å². The summed E-state index contributed by atoms with van der Waals surface area (Å²) in [4.78, 5) is 18.1. The van der Waals surface area contributed by atoms with E-state index in [1.54, 1.807) is 6.33 Å². The SMILES string of the molecule is CC1=NCc2ncc(-c3ccc4ncnc(NC(C)c5ccccc5)c4c3)cc21. The van der Waals surface area contributed by atoms with Gasteiger partial charge in [-0.15, -0.1) is 0 Å². The van der Waals surface area contributed by atoms with Gasteiger partial charge in [-0.05, 0) is 43.2 Å². The quantitative estimate of drug-likeness (QED) is 0.530. The molecule has 0 fully saturated rings. The van der Waals surface area contributed by atoms with Crippen molar-refractivity contribution in [1.29, 1.82) is 0 Å². The zero-order chi connectivity index (χ0) is 19.8. The lowest BCUT2D eigenvalue weighted by molar-refractivity contribution is 0.876. The molecule has 1 unspecified atom stereocenters. The number of rotatable bonds is 4. The smallest absolute Gasteiger partial charge is 0.137 e. The van der Waals surface area contributed by atoms with Gasteiger partial charge in [0.2, 0.25) is 0 Å². The van der Waals surface area contributed by atoms with Crippen LogP contribution >= 0.6 is 0 Å². The summed E-state index contributed by atoms with van der Waals surface area (Å²) < 4.78 is 0. The second-order valence-electron chi connectivity index (χ2n) is 7.35. The number of nitrogens with zero attached hydrogens (tertiary/aromatic N) is 4. The van der Waals surface area contributed by atoms with E-state index in [0.29, 0.717) is 6.54 Å². The lowest BCUT2D eigenvalue weighted by Crippen LogP contribution is -2.08. The van der Waals surface area contributed by atoms with Crippen molar-refractivity contribution in [3.8, 4) is 11.1 Å². The van der Waals surface area contributed by atoms with E-state index in [2.05, 4.69) is 74.6 Å². The first-order valence-electron chi connectivity index (χ1n) is 9.76. The Balaban J connectivity index is 1.54. The van der Waals surface area contributed by atoms with Crippen LogP contribution in [0, 0.1) is 0 Å². The van der Waals surface area contributed by atoms with E-state index in [4.69, 9.17) is 0 Å². The Labute approximate surface area is 169 Å². The van der Waals surface area contributed by atoms with Crippen molar-refractivity contribution >= 4 is 22.4 Å². The normalized spacial score (nSPS) is 13.8. The molecule has 1 aliphatic rings. The number of aliphatic imine (C=N–C) groups is 1. The highest BCUT2D eigenvalue weighted by molar-refractivity contribution is 6.02. The molecule has 1 N–H and O–H groups in total. The van der Waals surface area contributed by atoms with Gasteiger partial charge in [-0.25, -0.2) is 9.97 Å². The Morgan fingerprint density at radius 3 is 2.66 bits per heavy atom. The maximum absolute atomic E-state index is 4.62. The number of hydrogen-bond acceptors (Lipinski definition) is 5. The summed E-state index contributed by atoms with van der Waals surface area (Å²) in [6, 6.07) is 18.9. The topological polar surface area (TPSA) is 63.1 Å². The van der Waals surface area contributed by atoms with Gasteiger partial charge in [0.25, 0.3) is 0 Å². The summed E-state index contributed by atoms with van der Waals surface area (Å²) in [5.41, 5.74) is 7.55. The Morgan fingerprint density at radius 2 is 1.79 bits per heavy atom. The van der Waals surface area contributed by atoms with Gasteiger partial charge in [0.15, 0.2) is 0 Å².